The fraction of sp³-hybridized carbons (Fsp3) is 0.412. The summed E-state index contributed by atoms with van der Waals surface area (Å²) in [6.45, 7) is 6.93. The van der Waals surface area contributed by atoms with Gasteiger partial charge in [-0.15, -0.1) is 0 Å². The minimum Gasteiger partial charge on any atom is -0.497 e. The molecular formula is C34H45N3O5S. The Morgan fingerprint density at radius 2 is 1.58 bits per heavy atom. The van der Waals surface area contributed by atoms with Gasteiger partial charge in [-0.1, -0.05) is 75.4 Å². The van der Waals surface area contributed by atoms with E-state index in [2.05, 4.69) is 5.32 Å². The van der Waals surface area contributed by atoms with Crippen LogP contribution in [0.15, 0.2) is 78.9 Å². The van der Waals surface area contributed by atoms with E-state index in [0.717, 1.165) is 23.1 Å². The van der Waals surface area contributed by atoms with E-state index in [1.165, 1.54) is 10.6 Å². The zero-order valence-corrected chi connectivity index (χ0v) is 26.8. The van der Waals surface area contributed by atoms with Gasteiger partial charge in [0.05, 0.1) is 19.1 Å². The van der Waals surface area contributed by atoms with Crippen molar-refractivity contribution in [2.75, 3.05) is 30.8 Å². The lowest BCUT2D eigenvalue weighted by molar-refractivity contribution is -0.141. The zero-order chi connectivity index (χ0) is 31.4. The van der Waals surface area contributed by atoms with E-state index in [4.69, 9.17) is 4.74 Å². The first-order valence-corrected chi connectivity index (χ1v) is 16.7. The van der Waals surface area contributed by atoms with Crippen LogP contribution in [-0.4, -0.2) is 57.6 Å². The van der Waals surface area contributed by atoms with E-state index in [-0.39, 0.29) is 37.2 Å². The van der Waals surface area contributed by atoms with Gasteiger partial charge in [0, 0.05) is 32.5 Å². The first-order chi connectivity index (χ1) is 20.5. The van der Waals surface area contributed by atoms with Crippen molar-refractivity contribution in [1.82, 2.24) is 10.2 Å². The van der Waals surface area contributed by atoms with E-state index in [9.17, 15) is 18.0 Å². The number of ether oxygens (including phenoxy) is 1. The molecule has 0 saturated heterocycles. The molecule has 0 aromatic heterocycles. The fourth-order valence-corrected chi connectivity index (χ4v) is 5.81. The molecule has 9 heteroatoms. The van der Waals surface area contributed by atoms with Gasteiger partial charge in [-0.05, 0) is 59.7 Å². The standard InChI is InChI=1S/C34H45N3O5S/c1-6-27-17-19-30(20-18-27)37(43(5,40)41)21-11-16-33(38)36(25-29-14-10-15-31(22-29)42-4)32(34(39)35-24-26(2)3)23-28-12-8-7-9-13-28/h7-10,12-15,17-20,22,26,32H,6,11,16,21,23-25H2,1-5H3,(H,35,39). The van der Waals surface area contributed by atoms with E-state index in [1.807, 2.05) is 87.5 Å². The fourth-order valence-electron chi connectivity index (χ4n) is 4.85. The number of benzene rings is 3. The van der Waals surface area contributed by atoms with Crippen LogP contribution < -0.4 is 14.4 Å². The van der Waals surface area contributed by atoms with E-state index < -0.39 is 16.1 Å². The van der Waals surface area contributed by atoms with Crippen molar-refractivity contribution in [3.05, 3.63) is 95.6 Å². The summed E-state index contributed by atoms with van der Waals surface area (Å²) in [5.74, 6) is 0.463. The third-order valence-electron chi connectivity index (χ3n) is 7.23. The summed E-state index contributed by atoms with van der Waals surface area (Å²) < 4.78 is 32.1. The SMILES string of the molecule is CCc1ccc(N(CCCC(=O)N(Cc2cccc(OC)c2)C(Cc2ccccc2)C(=O)NCC(C)C)S(C)(=O)=O)cc1. The second kappa shape index (κ2) is 16.1. The minimum atomic E-state index is -3.57. The summed E-state index contributed by atoms with van der Waals surface area (Å²) in [5, 5.41) is 3.03. The van der Waals surface area contributed by atoms with Crippen LogP contribution in [0.1, 0.15) is 50.3 Å². The number of sulfonamides is 1. The third-order valence-corrected chi connectivity index (χ3v) is 8.42. The van der Waals surface area contributed by atoms with Crippen molar-refractivity contribution in [1.29, 1.82) is 0 Å². The summed E-state index contributed by atoms with van der Waals surface area (Å²) in [6.07, 6.45) is 2.74. The molecule has 0 aliphatic heterocycles. The quantitative estimate of drug-likeness (QED) is 0.241. The summed E-state index contributed by atoms with van der Waals surface area (Å²) in [4.78, 5) is 29.2. The van der Waals surface area contributed by atoms with Crippen LogP contribution in [0.5, 0.6) is 5.75 Å². The van der Waals surface area contributed by atoms with Crippen LogP contribution in [0.4, 0.5) is 5.69 Å². The van der Waals surface area contributed by atoms with Crippen LogP contribution in [-0.2, 0) is 39.0 Å². The Kier molecular flexibility index (Phi) is 12.6. The monoisotopic (exact) mass is 607 g/mol. The van der Waals surface area contributed by atoms with Crippen LogP contribution in [0.25, 0.3) is 0 Å². The summed E-state index contributed by atoms with van der Waals surface area (Å²) in [7, 11) is -1.98. The Labute approximate surface area is 257 Å². The Morgan fingerprint density at radius 3 is 2.19 bits per heavy atom. The molecule has 3 aromatic carbocycles. The molecule has 0 aliphatic rings. The number of hydrogen-bond acceptors (Lipinski definition) is 5. The maximum absolute atomic E-state index is 14.0. The molecule has 0 saturated carbocycles. The topological polar surface area (TPSA) is 96.0 Å². The van der Waals surface area contributed by atoms with Crippen molar-refractivity contribution in [2.45, 2.75) is 59.0 Å². The van der Waals surface area contributed by atoms with Gasteiger partial charge in [0.15, 0.2) is 0 Å². The number of methoxy groups -OCH3 is 1. The molecule has 0 heterocycles. The highest BCUT2D eigenvalue weighted by Gasteiger charge is 2.30. The molecule has 1 atom stereocenters. The molecule has 3 rings (SSSR count). The highest BCUT2D eigenvalue weighted by molar-refractivity contribution is 7.92. The summed E-state index contributed by atoms with van der Waals surface area (Å²) in [6, 6.07) is 23.8. The van der Waals surface area contributed by atoms with Crippen LogP contribution >= 0.6 is 0 Å². The van der Waals surface area contributed by atoms with Crippen LogP contribution in [0.2, 0.25) is 0 Å². The van der Waals surface area contributed by atoms with Crippen molar-refractivity contribution in [3.8, 4) is 5.75 Å². The molecule has 0 bridgehead atoms. The predicted octanol–water partition coefficient (Wildman–Crippen LogP) is 5.22. The maximum Gasteiger partial charge on any atom is 0.243 e. The van der Waals surface area contributed by atoms with Gasteiger partial charge in [0.1, 0.15) is 11.8 Å². The molecule has 0 radical (unpaired) electrons. The molecule has 0 fully saturated rings. The number of carbonyl (C=O) groups is 2. The largest absolute Gasteiger partial charge is 0.497 e. The maximum atomic E-state index is 14.0. The third kappa shape index (κ3) is 10.4. The van der Waals surface area contributed by atoms with Crippen molar-refractivity contribution in [3.63, 3.8) is 0 Å². The highest BCUT2D eigenvalue weighted by Crippen LogP contribution is 2.22. The number of hydrogen-bond donors (Lipinski definition) is 1. The van der Waals surface area contributed by atoms with E-state index >= 15 is 0 Å². The van der Waals surface area contributed by atoms with Gasteiger partial charge in [0.2, 0.25) is 21.8 Å². The van der Waals surface area contributed by atoms with Gasteiger partial charge < -0.3 is 15.0 Å². The Morgan fingerprint density at radius 1 is 0.907 bits per heavy atom. The summed E-state index contributed by atoms with van der Waals surface area (Å²) >= 11 is 0. The summed E-state index contributed by atoms with van der Waals surface area (Å²) in [5.41, 5.74) is 3.45. The van der Waals surface area contributed by atoms with Crippen LogP contribution in [0, 0.1) is 5.92 Å². The van der Waals surface area contributed by atoms with Crippen molar-refractivity contribution >= 4 is 27.5 Å². The van der Waals surface area contributed by atoms with Gasteiger partial charge in [-0.25, -0.2) is 8.42 Å². The second-order valence-electron chi connectivity index (χ2n) is 11.2. The van der Waals surface area contributed by atoms with Gasteiger partial charge in [-0.3, -0.25) is 13.9 Å². The average Bonchev–Trinajstić information content (AvgIpc) is 2.99. The van der Waals surface area contributed by atoms with Crippen molar-refractivity contribution in [2.24, 2.45) is 5.92 Å². The minimum absolute atomic E-state index is 0.0752. The molecule has 1 unspecified atom stereocenters. The lowest BCUT2D eigenvalue weighted by Gasteiger charge is -2.32. The molecule has 43 heavy (non-hydrogen) atoms. The molecule has 8 nitrogen and oxygen atoms in total. The van der Waals surface area contributed by atoms with Crippen LogP contribution in [0.3, 0.4) is 0 Å². The number of anilines is 1. The van der Waals surface area contributed by atoms with Crippen molar-refractivity contribution < 1.29 is 22.7 Å². The second-order valence-corrected chi connectivity index (χ2v) is 13.1. The molecular weight excluding hydrogens is 562 g/mol. The van der Waals surface area contributed by atoms with Gasteiger partial charge >= 0.3 is 0 Å². The smallest absolute Gasteiger partial charge is 0.243 e. The first-order valence-electron chi connectivity index (χ1n) is 14.8. The normalized spacial score (nSPS) is 12.0. The zero-order valence-electron chi connectivity index (χ0n) is 26.0. The molecule has 1 N–H and O–H groups in total. The Balaban J connectivity index is 1.89. The average molecular weight is 608 g/mol. The number of nitrogens with zero attached hydrogens (tertiary/aromatic N) is 2. The van der Waals surface area contributed by atoms with Gasteiger partial charge in [-0.2, -0.15) is 0 Å². The molecule has 2 amide bonds. The van der Waals surface area contributed by atoms with E-state index in [0.29, 0.717) is 30.8 Å². The number of nitrogens with one attached hydrogen (secondary N) is 1. The Hall–Kier alpha value is -3.85. The number of carbonyl (C=O) groups excluding carboxylic acids is 2. The van der Waals surface area contributed by atoms with Gasteiger partial charge in [0.25, 0.3) is 0 Å². The molecule has 0 spiro atoms. The first kappa shape index (κ1) is 33.6. The predicted molar refractivity (Wildman–Crippen MR) is 173 cm³/mol. The lowest BCUT2D eigenvalue weighted by Crippen LogP contribution is -2.51. The number of aryl methyl sites for hydroxylation is 1. The number of amides is 2. The lowest BCUT2D eigenvalue weighted by atomic mass is 10.0. The highest BCUT2D eigenvalue weighted by atomic mass is 32.2. The number of rotatable bonds is 16. The molecule has 0 aliphatic carbocycles. The van der Waals surface area contributed by atoms with E-state index in [1.54, 1.807) is 24.1 Å². The Bertz CT molecular complexity index is 1430. The molecule has 232 valence electrons. The molecule has 3 aromatic rings.